The van der Waals surface area contributed by atoms with Gasteiger partial charge in [-0.2, -0.15) is 0 Å². The highest BCUT2D eigenvalue weighted by molar-refractivity contribution is 7.09. The topological polar surface area (TPSA) is 63.1 Å². The van der Waals surface area contributed by atoms with Gasteiger partial charge < -0.3 is 10.2 Å². The second kappa shape index (κ2) is 9.15. The number of thiophene rings is 1. The van der Waals surface area contributed by atoms with E-state index < -0.39 is 0 Å². The fourth-order valence-electron chi connectivity index (χ4n) is 2.97. The molecule has 0 radical (unpaired) electrons. The first-order chi connectivity index (χ1) is 11.3. The molecular weight excluding hydrogens is 346 g/mol. The van der Waals surface area contributed by atoms with E-state index in [1.54, 1.807) is 22.2 Å². The highest BCUT2D eigenvalue weighted by Crippen LogP contribution is 2.21. The standard InChI is InChI=1S/C16H23N5OS.ClH/c1-17-7-4-13-5-8-20(9-6-13)16(22)15-12-21(19-18-15)11-14-3-2-10-23-14;/h2-3,10,12-13,17H,4-9,11H2,1H3;1H. The lowest BCUT2D eigenvalue weighted by Crippen LogP contribution is -2.39. The maximum absolute atomic E-state index is 12.5. The Bertz CT molecular complexity index is 622. The van der Waals surface area contributed by atoms with Gasteiger partial charge >= 0.3 is 0 Å². The average Bonchev–Trinajstić information content (AvgIpc) is 3.25. The number of likely N-dealkylation sites (tertiary alicyclic amines) is 1. The smallest absolute Gasteiger partial charge is 0.276 e. The molecule has 0 unspecified atom stereocenters. The van der Waals surface area contributed by atoms with Gasteiger partial charge in [0, 0.05) is 18.0 Å². The quantitative estimate of drug-likeness (QED) is 0.848. The van der Waals surface area contributed by atoms with Crippen molar-refractivity contribution in [3.63, 3.8) is 0 Å². The zero-order chi connectivity index (χ0) is 16.1. The Morgan fingerprint density at radius 2 is 2.21 bits per heavy atom. The normalized spacial score (nSPS) is 15.3. The number of piperidine rings is 1. The van der Waals surface area contributed by atoms with E-state index in [1.807, 2.05) is 23.4 Å². The first kappa shape index (κ1) is 18.9. The molecule has 24 heavy (non-hydrogen) atoms. The molecule has 132 valence electrons. The minimum atomic E-state index is 0. The number of rotatable bonds is 6. The molecular formula is C16H24ClN5OS. The predicted molar refractivity (Wildman–Crippen MR) is 97.9 cm³/mol. The van der Waals surface area contributed by atoms with Crippen molar-refractivity contribution in [1.82, 2.24) is 25.2 Å². The van der Waals surface area contributed by atoms with Crippen molar-refractivity contribution >= 4 is 29.7 Å². The molecule has 1 saturated heterocycles. The van der Waals surface area contributed by atoms with E-state index in [0.717, 1.165) is 38.4 Å². The van der Waals surface area contributed by atoms with Gasteiger partial charge in [0.05, 0.1) is 12.7 Å². The van der Waals surface area contributed by atoms with Crippen LogP contribution < -0.4 is 5.32 Å². The zero-order valence-corrected chi connectivity index (χ0v) is 15.5. The van der Waals surface area contributed by atoms with Gasteiger partial charge in [0.15, 0.2) is 5.69 Å². The Kier molecular flexibility index (Phi) is 7.20. The Hall–Kier alpha value is -1.44. The third kappa shape index (κ3) is 4.78. The minimum absolute atomic E-state index is 0. The summed E-state index contributed by atoms with van der Waals surface area (Å²) in [5.74, 6) is 0.732. The average molecular weight is 370 g/mol. The third-order valence-corrected chi connectivity index (χ3v) is 5.22. The van der Waals surface area contributed by atoms with Gasteiger partial charge in [-0.25, -0.2) is 4.68 Å². The molecule has 0 bridgehead atoms. The van der Waals surface area contributed by atoms with E-state index in [4.69, 9.17) is 0 Å². The third-order valence-electron chi connectivity index (χ3n) is 4.36. The summed E-state index contributed by atoms with van der Waals surface area (Å²) >= 11 is 1.68. The van der Waals surface area contributed by atoms with Crippen LogP contribution in [0.5, 0.6) is 0 Å². The molecule has 0 aromatic carbocycles. The minimum Gasteiger partial charge on any atom is -0.337 e. The van der Waals surface area contributed by atoms with Gasteiger partial charge in [-0.1, -0.05) is 11.3 Å². The van der Waals surface area contributed by atoms with E-state index in [9.17, 15) is 4.79 Å². The number of nitrogens with one attached hydrogen (secondary N) is 1. The summed E-state index contributed by atoms with van der Waals surface area (Å²) in [5.41, 5.74) is 0.454. The van der Waals surface area contributed by atoms with Crippen LogP contribution in [0.2, 0.25) is 0 Å². The van der Waals surface area contributed by atoms with E-state index in [-0.39, 0.29) is 18.3 Å². The SMILES string of the molecule is CNCCC1CCN(C(=O)c2cn(Cc3cccs3)nn2)CC1.Cl. The fourth-order valence-corrected chi connectivity index (χ4v) is 3.67. The van der Waals surface area contributed by atoms with Gasteiger partial charge in [0.1, 0.15) is 0 Å². The second-order valence-corrected chi connectivity index (χ2v) is 7.04. The van der Waals surface area contributed by atoms with E-state index in [0.29, 0.717) is 12.2 Å². The molecule has 2 aromatic heterocycles. The van der Waals surface area contributed by atoms with Crippen molar-refractivity contribution in [1.29, 1.82) is 0 Å². The molecule has 6 nitrogen and oxygen atoms in total. The molecule has 1 N–H and O–H groups in total. The van der Waals surface area contributed by atoms with Gasteiger partial charge in [-0.05, 0) is 50.2 Å². The lowest BCUT2D eigenvalue weighted by atomic mass is 9.93. The first-order valence-corrected chi connectivity index (χ1v) is 9.00. The lowest BCUT2D eigenvalue weighted by Gasteiger charge is -2.31. The van der Waals surface area contributed by atoms with Gasteiger partial charge in [0.2, 0.25) is 0 Å². The number of nitrogens with zero attached hydrogens (tertiary/aromatic N) is 4. The van der Waals surface area contributed by atoms with Gasteiger partial charge in [0.25, 0.3) is 5.91 Å². The fraction of sp³-hybridized carbons (Fsp3) is 0.562. The molecule has 1 amide bonds. The molecule has 8 heteroatoms. The van der Waals surface area contributed by atoms with Gasteiger partial charge in [-0.3, -0.25) is 4.79 Å². The van der Waals surface area contributed by atoms with Crippen LogP contribution in [-0.4, -0.2) is 52.5 Å². The Morgan fingerprint density at radius 1 is 1.42 bits per heavy atom. The van der Waals surface area contributed by atoms with Crippen molar-refractivity contribution in [3.05, 3.63) is 34.3 Å². The van der Waals surface area contributed by atoms with E-state index in [2.05, 4.69) is 21.7 Å². The maximum Gasteiger partial charge on any atom is 0.276 e. The summed E-state index contributed by atoms with van der Waals surface area (Å²) in [7, 11) is 1.98. The molecule has 0 spiro atoms. The number of aromatic nitrogens is 3. The molecule has 1 aliphatic rings. The van der Waals surface area contributed by atoms with Crippen LogP contribution in [0, 0.1) is 5.92 Å². The van der Waals surface area contributed by atoms with Crippen LogP contribution in [0.15, 0.2) is 23.7 Å². The number of hydrogen-bond acceptors (Lipinski definition) is 5. The molecule has 2 aromatic rings. The molecule has 1 aliphatic heterocycles. The number of halogens is 1. The Morgan fingerprint density at radius 3 is 2.88 bits per heavy atom. The van der Waals surface area contributed by atoms with Crippen molar-refractivity contribution < 1.29 is 4.79 Å². The number of hydrogen-bond donors (Lipinski definition) is 1. The molecule has 0 saturated carbocycles. The van der Waals surface area contributed by atoms with Crippen molar-refractivity contribution in [2.45, 2.75) is 25.8 Å². The number of carbonyl (C=O) groups is 1. The monoisotopic (exact) mass is 369 g/mol. The maximum atomic E-state index is 12.5. The van der Waals surface area contributed by atoms with Crippen LogP contribution in [0.4, 0.5) is 0 Å². The second-order valence-electron chi connectivity index (χ2n) is 6.01. The van der Waals surface area contributed by atoms with Crippen LogP contribution in [-0.2, 0) is 6.54 Å². The van der Waals surface area contributed by atoms with E-state index in [1.165, 1.54) is 11.3 Å². The summed E-state index contributed by atoms with van der Waals surface area (Å²) in [5, 5.41) is 13.4. The van der Waals surface area contributed by atoms with Crippen LogP contribution >= 0.6 is 23.7 Å². The van der Waals surface area contributed by atoms with Gasteiger partial charge in [-0.15, -0.1) is 28.8 Å². The highest BCUT2D eigenvalue weighted by Gasteiger charge is 2.25. The van der Waals surface area contributed by atoms with Crippen LogP contribution in [0.1, 0.15) is 34.6 Å². The Balaban J connectivity index is 0.00000208. The zero-order valence-electron chi connectivity index (χ0n) is 13.9. The summed E-state index contributed by atoms with van der Waals surface area (Å²) in [6, 6.07) is 4.07. The molecule has 3 heterocycles. The van der Waals surface area contributed by atoms with Crippen molar-refractivity contribution in [3.8, 4) is 0 Å². The largest absolute Gasteiger partial charge is 0.337 e. The van der Waals surface area contributed by atoms with Crippen molar-refractivity contribution in [2.75, 3.05) is 26.7 Å². The number of amides is 1. The molecule has 1 fully saturated rings. The summed E-state index contributed by atoms with van der Waals surface area (Å²) < 4.78 is 1.73. The highest BCUT2D eigenvalue weighted by atomic mass is 35.5. The van der Waals surface area contributed by atoms with Crippen molar-refractivity contribution in [2.24, 2.45) is 5.92 Å². The number of carbonyl (C=O) groups excluding carboxylic acids is 1. The summed E-state index contributed by atoms with van der Waals surface area (Å²) in [4.78, 5) is 15.7. The van der Waals surface area contributed by atoms with Crippen LogP contribution in [0.3, 0.4) is 0 Å². The molecule has 0 aliphatic carbocycles. The Labute approximate surface area is 152 Å². The predicted octanol–water partition coefficient (Wildman–Crippen LogP) is 2.27. The summed E-state index contributed by atoms with van der Waals surface area (Å²) in [6.45, 7) is 3.37. The summed E-state index contributed by atoms with van der Waals surface area (Å²) in [6.07, 6.45) is 5.11. The molecule has 0 atom stereocenters. The first-order valence-electron chi connectivity index (χ1n) is 8.12. The van der Waals surface area contributed by atoms with E-state index >= 15 is 0 Å². The lowest BCUT2D eigenvalue weighted by molar-refractivity contribution is 0.0681. The van der Waals surface area contributed by atoms with Crippen LogP contribution in [0.25, 0.3) is 0 Å². The molecule has 3 rings (SSSR count).